The third kappa shape index (κ3) is 6.62. The molecule has 0 radical (unpaired) electrons. The van der Waals surface area contributed by atoms with Crippen LogP contribution in [0.2, 0.25) is 0 Å². The molecule has 0 saturated heterocycles. The Morgan fingerprint density at radius 1 is 1.22 bits per heavy atom. The zero-order valence-corrected chi connectivity index (χ0v) is 11.5. The predicted molar refractivity (Wildman–Crippen MR) is 75.1 cm³/mol. The van der Waals surface area contributed by atoms with Gasteiger partial charge in [-0.15, -0.1) is 0 Å². The van der Waals surface area contributed by atoms with Crippen LogP contribution in [0.15, 0.2) is 30.3 Å². The van der Waals surface area contributed by atoms with E-state index < -0.39 is 0 Å². The molecule has 1 unspecified atom stereocenters. The Balaban J connectivity index is 2.30. The molecule has 0 aliphatic carbocycles. The molecule has 0 aromatic heterocycles. The highest BCUT2D eigenvalue weighted by molar-refractivity contribution is 5.20. The molecule has 0 bridgehead atoms. The van der Waals surface area contributed by atoms with Gasteiger partial charge in [-0.3, -0.25) is 0 Å². The maximum Gasteiger partial charge on any atom is 0.119 e. The predicted octanol–water partition coefficient (Wildman–Crippen LogP) is 2.86. The lowest BCUT2D eigenvalue weighted by Crippen LogP contribution is -2.35. The summed E-state index contributed by atoms with van der Waals surface area (Å²) in [6, 6.07) is 10.4. The van der Waals surface area contributed by atoms with Crippen molar-refractivity contribution in [1.29, 1.82) is 0 Å². The highest BCUT2D eigenvalue weighted by atomic mass is 16.5. The Hall–Kier alpha value is -1.06. The fourth-order valence-corrected chi connectivity index (χ4v) is 1.78. The summed E-state index contributed by atoms with van der Waals surface area (Å²) in [5.74, 6) is 0.938. The van der Waals surface area contributed by atoms with Crippen LogP contribution in [0.3, 0.4) is 0 Å². The molecule has 1 rings (SSSR count). The van der Waals surface area contributed by atoms with Crippen molar-refractivity contribution >= 4 is 0 Å². The average Bonchev–Trinajstić information content (AvgIpc) is 2.42. The van der Waals surface area contributed by atoms with Crippen molar-refractivity contribution < 1.29 is 9.47 Å². The molecule has 1 aromatic rings. The Labute approximate surface area is 110 Å². The number of hydrogen-bond acceptors (Lipinski definition) is 3. The third-order valence-corrected chi connectivity index (χ3v) is 2.78. The van der Waals surface area contributed by atoms with E-state index in [0.29, 0.717) is 12.6 Å². The van der Waals surface area contributed by atoms with Crippen molar-refractivity contribution in [2.24, 2.45) is 0 Å². The Morgan fingerprint density at radius 3 is 2.67 bits per heavy atom. The lowest BCUT2D eigenvalue weighted by atomic mass is 10.1. The molecular weight excluding hydrogens is 226 g/mol. The number of hydrogen-bond donors (Lipinski definition) is 1. The minimum atomic E-state index is 0.403. The topological polar surface area (TPSA) is 30.5 Å². The number of para-hydroxylation sites is 1. The molecule has 18 heavy (non-hydrogen) atoms. The van der Waals surface area contributed by atoms with Gasteiger partial charge >= 0.3 is 0 Å². The van der Waals surface area contributed by atoms with Gasteiger partial charge < -0.3 is 14.8 Å². The molecule has 0 aliphatic rings. The van der Waals surface area contributed by atoms with E-state index in [0.717, 1.165) is 38.2 Å². The first-order valence-corrected chi connectivity index (χ1v) is 6.77. The van der Waals surface area contributed by atoms with Gasteiger partial charge in [-0.2, -0.15) is 0 Å². The van der Waals surface area contributed by atoms with Crippen LogP contribution in [0, 0.1) is 0 Å². The lowest BCUT2D eigenvalue weighted by Gasteiger charge is -2.19. The highest BCUT2D eigenvalue weighted by Crippen LogP contribution is 2.09. The monoisotopic (exact) mass is 251 g/mol. The van der Waals surface area contributed by atoms with Crippen LogP contribution in [0.1, 0.15) is 26.2 Å². The van der Waals surface area contributed by atoms with Crippen LogP contribution in [-0.4, -0.2) is 32.9 Å². The normalized spacial score (nSPS) is 12.3. The van der Waals surface area contributed by atoms with Crippen LogP contribution in [-0.2, 0) is 4.74 Å². The summed E-state index contributed by atoms with van der Waals surface area (Å²) in [5, 5.41) is 3.52. The van der Waals surface area contributed by atoms with E-state index in [9.17, 15) is 0 Å². The standard InChI is InChI=1S/C15H25NO2/c1-3-11-16-14(8-7-12-17-2)13-18-15-9-5-4-6-10-15/h4-6,9-10,14,16H,3,7-8,11-13H2,1-2H3. The summed E-state index contributed by atoms with van der Waals surface area (Å²) in [5.41, 5.74) is 0. The Bertz CT molecular complexity index is 290. The first kappa shape index (κ1) is 15.0. The van der Waals surface area contributed by atoms with Gasteiger partial charge in [0.2, 0.25) is 0 Å². The minimum absolute atomic E-state index is 0.403. The molecule has 1 atom stereocenters. The van der Waals surface area contributed by atoms with Gasteiger partial charge in [0.25, 0.3) is 0 Å². The van der Waals surface area contributed by atoms with E-state index in [1.807, 2.05) is 30.3 Å². The summed E-state index contributed by atoms with van der Waals surface area (Å²) in [6.45, 7) is 4.75. The third-order valence-electron chi connectivity index (χ3n) is 2.78. The molecule has 102 valence electrons. The molecular formula is C15H25NO2. The second kappa shape index (κ2) is 9.92. The molecule has 1 aromatic carbocycles. The van der Waals surface area contributed by atoms with Crippen LogP contribution >= 0.6 is 0 Å². The summed E-state index contributed by atoms with van der Waals surface area (Å²) < 4.78 is 10.9. The van der Waals surface area contributed by atoms with E-state index in [4.69, 9.17) is 9.47 Å². The van der Waals surface area contributed by atoms with Crippen molar-refractivity contribution in [3.63, 3.8) is 0 Å². The van der Waals surface area contributed by atoms with E-state index in [-0.39, 0.29) is 0 Å². The second-order valence-electron chi connectivity index (χ2n) is 4.41. The Morgan fingerprint density at radius 2 is 2.00 bits per heavy atom. The van der Waals surface area contributed by atoms with Gasteiger partial charge in [0, 0.05) is 19.8 Å². The van der Waals surface area contributed by atoms with E-state index >= 15 is 0 Å². The smallest absolute Gasteiger partial charge is 0.119 e. The van der Waals surface area contributed by atoms with Gasteiger partial charge in [-0.1, -0.05) is 25.1 Å². The quantitative estimate of drug-likeness (QED) is 0.649. The van der Waals surface area contributed by atoms with Gasteiger partial charge in [-0.05, 0) is 37.9 Å². The number of benzene rings is 1. The van der Waals surface area contributed by atoms with E-state index in [2.05, 4.69) is 12.2 Å². The molecule has 0 spiro atoms. The lowest BCUT2D eigenvalue weighted by molar-refractivity contribution is 0.180. The van der Waals surface area contributed by atoms with E-state index in [1.54, 1.807) is 7.11 Å². The molecule has 1 N–H and O–H groups in total. The zero-order chi connectivity index (χ0) is 13.1. The minimum Gasteiger partial charge on any atom is -0.492 e. The largest absolute Gasteiger partial charge is 0.492 e. The maximum absolute atomic E-state index is 5.79. The first-order valence-electron chi connectivity index (χ1n) is 6.77. The summed E-state index contributed by atoms with van der Waals surface area (Å²) in [7, 11) is 1.74. The zero-order valence-electron chi connectivity index (χ0n) is 11.5. The SMILES string of the molecule is CCCNC(CCCOC)COc1ccccc1. The van der Waals surface area contributed by atoms with Crippen molar-refractivity contribution in [2.45, 2.75) is 32.2 Å². The second-order valence-corrected chi connectivity index (χ2v) is 4.41. The summed E-state index contributed by atoms with van der Waals surface area (Å²) in [6.07, 6.45) is 3.29. The van der Waals surface area contributed by atoms with Crippen LogP contribution in [0.25, 0.3) is 0 Å². The van der Waals surface area contributed by atoms with Crippen molar-refractivity contribution in [1.82, 2.24) is 5.32 Å². The van der Waals surface area contributed by atoms with Gasteiger partial charge in [0.1, 0.15) is 12.4 Å². The van der Waals surface area contributed by atoms with Crippen molar-refractivity contribution in [3.8, 4) is 5.75 Å². The van der Waals surface area contributed by atoms with Crippen LogP contribution < -0.4 is 10.1 Å². The number of nitrogens with one attached hydrogen (secondary N) is 1. The number of rotatable bonds is 10. The fourth-order valence-electron chi connectivity index (χ4n) is 1.78. The molecule has 3 nitrogen and oxygen atoms in total. The van der Waals surface area contributed by atoms with E-state index in [1.165, 1.54) is 0 Å². The highest BCUT2D eigenvalue weighted by Gasteiger charge is 2.08. The van der Waals surface area contributed by atoms with Gasteiger partial charge in [0.05, 0.1) is 0 Å². The maximum atomic E-state index is 5.79. The number of methoxy groups -OCH3 is 1. The molecule has 0 fully saturated rings. The van der Waals surface area contributed by atoms with Crippen LogP contribution in [0.5, 0.6) is 5.75 Å². The Kier molecular flexibility index (Phi) is 8.26. The van der Waals surface area contributed by atoms with Gasteiger partial charge in [0.15, 0.2) is 0 Å². The van der Waals surface area contributed by atoms with Crippen molar-refractivity contribution in [3.05, 3.63) is 30.3 Å². The van der Waals surface area contributed by atoms with Crippen molar-refractivity contribution in [2.75, 3.05) is 26.9 Å². The summed E-state index contributed by atoms with van der Waals surface area (Å²) >= 11 is 0. The number of ether oxygens (including phenoxy) is 2. The molecule has 0 saturated carbocycles. The molecule has 0 amide bonds. The fraction of sp³-hybridized carbons (Fsp3) is 0.600. The molecule has 0 aliphatic heterocycles. The molecule has 0 heterocycles. The molecule has 3 heteroatoms. The summed E-state index contributed by atoms with van der Waals surface area (Å²) in [4.78, 5) is 0. The average molecular weight is 251 g/mol. The van der Waals surface area contributed by atoms with Gasteiger partial charge in [-0.25, -0.2) is 0 Å². The first-order chi connectivity index (χ1) is 8.86. The van der Waals surface area contributed by atoms with Crippen LogP contribution in [0.4, 0.5) is 0 Å².